The van der Waals surface area contributed by atoms with E-state index in [0.717, 1.165) is 10.8 Å². The molecule has 0 aliphatic rings. The molecule has 1 rings (SSSR count). The van der Waals surface area contributed by atoms with Gasteiger partial charge < -0.3 is 15.8 Å². The van der Waals surface area contributed by atoms with E-state index in [1.165, 1.54) is 7.11 Å². The number of sulfone groups is 1. The van der Waals surface area contributed by atoms with Crippen molar-refractivity contribution in [3.05, 3.63) is 20.8 Å². The first kappa shape index (κ1) is 17.2. The third kappa shape index (κ3) is 4.90. The Morgan fingerprint density at radius 2 is 2.05 bits per heavy atom. The van der Waals surface area contributed by atoms with E-state index in [1.54, 1.807) is 6.92 Å². The lowest BCUT2D eigenvalue weighted by molar-refractivity contribution is 0.186. The van der Waals surface area contributed by atoms with Crippen LogP contribution in [0.15, 0.2) is 9.59 Å². The van der Waals surface area contributed by atoms with Gasteiger partial charge in [-0.2, -0.15) is 0 Å². The molecule has 1 heterocycles. The van der Waals surface area contributed by atoms with Gasteiger partial charge in [-0.1, -0.05) is 0 Å². The maximum absolute atomic E-state index is 11.8. The van der Waals surface area contributed by atoms with E-state index in [-0.39, 0.29) is 30.4 Å². The molecule has 1 aromatic heterocycles. The second kappa shape index (κ2) is 6.76. The zero-order valence-corrected chi connectivity index (χ0v) is 13.0. The predicted octanol–water partition coefficient (Wildman–Crippen LogP) is -1.39. The fourth-order valence-corrected chi connectivity index (χ4v) is 2.87. The standard InChI is InChI=1S/C11H20N4O5S/c1-7(6-21(3,18)19)13-8-9(12)15(4-5-20-2)11(17)14-10(8)16/h7,13H,4-6,12H2,1-3H3,(H,14,16,17). The number of nitrogens with two attached hydrogens (primary N) is 1. The molecule has 0 aliphatic heterocycles. The minimum absolute atomic E-state index is 0.0261. The molecule has 0 fully saturated rings. The van der Waals surface area contributed by atoms with Crippen molar-refractivity contribution >= 4 is 21.3 Å². The minimum atomic E-state index is -3.21. The summed E-state index contributed by atoms with van der Waals surface area (Å²) >= 11 is 0. The maximum atomic E-state index is 11.8. The Morgan fingerprint density at radius 1 is 1.43 bits per heavy atom. The van der Waals surface area contributed by atoms with E-state index in [0.29, 0.717) is 0 Å². The third-order valence-electron chi connectivity index (χ3n) is 2.70. The molecule has 1 unspecified atom stereocenters. The second-order valence-corrected chi connectivity index (χ2v) is 6.99. The van der Waals surface area contributed by atoms with Crippen LogP contribution in [0.3, 0.4) is 0 Å². The summed E-state index contributed by atoms with van der Waals surface area (Å²) in [5, 5.41) is 2.73. The van der Waals surface area contributed by atoms with Crippen LogP contribution in [0.4, 0.5) is 11.5 Å². The Labute approximate surface area is 122 Å². The van der Waals surface area contributed by atoms with Crippen LogP contribution in [0.1, 0.15) is 6.92 Å². The third-order valence-corrected chi connectivity index (χ3v) is 3.81. The van der Waals surface area contributed by atoms with Crippen molar-refractivity contribution in [3.63, 3.8) is 0 Å². The van der Waals surface area contributed by atoms with Gasteiger partial charge in [0.15, 0.2) is 0 Å². The first-order chi connectivity index (χ1) is 9.65. The molecule has 0 spiro atoms. The van der Waals surface area contributed by atoms with E-state index in [2.05, 4.69) is 10.3 Å². The number of aromatic nitrogens is 2. The molecule has 120 valence electrons. The van der Waals surface area contributed by atoms with Crippen LogP contribution in [-0.2, 0) is 21.1 Å². The summed E-state index contributed by atoms with van der Waals surface area (Å²) in [5.41, 5.74) is 4.46. The van der Waals surface area contributed by atoms with Crippen molar-refractivity contribution < 1.29 is 13.2 Å². The average molecular weight is 320 g/mol. The van der Waals surface area contributed by atoms with E-state index in [1.807, 2.05) is 0 Å². The van der Waals surface area contributed by atoms with Crippen LogP contribution in [0, 0.1) is 0 Å². The molecule has 0 radical (unpaired) electrons. The summed E-state index contributed by atoms with van der Waals surface area (Å²) in [6.07, 6.45) is 1.10. The topological polar surface area (TPSA) is 136 Å². The van der Waals surface area contributed by atoms with Gasteiger partial charge in [-0.3, -0.25) is 14.3 Å². The minimum Gasteiger partial charge on any atom is -0.383 e. The Balaban J connectivity index is 3.12. The second-order valence-electron chi connectivity index (χ2n) is 4.80. The number of methoxy groups -OCH3 is 1. The molecule has 9 nitrogen and oxygen atoms in total. The van der Waals surface area contributed by atoms with Gasteiger partial charge in [-0.15, -0.1) is 0 Å². The van der Waals surface area contributed by atoms with Crippen LogP contribution in [0.5, 0.6) is 0 Å². The Morgan fingerprint density at radius 3 is 2.57 bits per heavy atom. The van der Waals surface area contributed by atoms with Crippen molar-refractivity contribution in [1.82, 2.24) is 9.55 Å². The number of nitrogens with zero attached hydrogens (tertiary/aromatic N) is 1. The van der Waals surface area contributed by atoms with Gasteiger partial charge in [0.05, 0.1) is 18.9 Å². The number of H-pyrrole nitrogens is 1. The molecular weight excluding hydrogens is 300 g/mol. The van der Waals surface area contributed by atoms with Gasteiger partial charge in [-0.05, 0) is 6.92 Å². The van der Waals surface area contributed by atoms with Crippen LogP contribution in [0.2, 0.25) is 0 Å². The van der Waals surface area contributed by atoms with Crippen molar-refractivity contribution in [1.29, 1.82) is 0 Å². The summed E-state index contributed by atoms with van der Waals surface area (Å²) in [6.45, 7) is 2.02. The molecule has 10 heteroatoms. The molecule has 0 aromatic carbocycles. The van der Waals surface area contributed by atoms with Crippen molar-refractivity contribution in [2.75, 3.05) is 36.8 Å². The number of rotatable bonds is 7. The zero-order valence-electron chi connectivity index (χ0n) is 12.2. The number of hydrogen-bond acceptors (Lipinski definition) is 7. The molecule has 0 bridgehead atoms. The number of hydrogen-bond donors (Lipinski definition) is 3. The molecule has 0 saturated carbocycles. The van der Waals surface area contributed by atoms with E-state index in [4.69, 9.17) is 10.5 Å². The number of nitrogen functional groups attached to an aromatic ring is 1. The highest BCUT2D eigenvalue weighted by Gasteiger charge is 2.16. The van der Waals surface area contributed by atoms with Gasteiger partial charge in [-0.25, -0.2) is 13.2 Å². The van der Waals surface area contributed by atoms with Crippen LogP contribution < -0.4 is 22.3 Å². The normalized spacial score (nSPS) is 13.1. The smallest absolute Gasteiger partial charge is 0.330 e. The van der Waals surface area contributed by atoms with E-state index < -0.39 is 27.1 Å². The van der Waals surface area contributed by atoms with E-state index in [9.17, 15) is 18.0 Å². The van der Waals surface area contributed by atoms with Gasteiger partial charge in [0.2, 0.25) is 0 Å². The molecule has 1 atom stereocenters. The molecule has 0 amide bonds. The monoisotopic (exact) mass is 320 g/mol. The molecule has 1 aromatic rings. The highest BCUT2D eigenvalue weighted by molar-refractivity contribution is 7.90. The lowest BCUT2D eigenvalue weighted by Crippen LogP contribution is -2.37. The molecule has 0 saturated heterocycles. The summed E-state index contributed by atoms with van der Waals surface area (Å²) in [4.78, 5) is 25.6. The lowest BCUT2D eigenvalue weighted by atomic mass is 10.3. The number of nitrogens with one attached hydrogen (secondary N) is 2. The van der Waals surface area contributed by atoms with Gasteiger partial charge in [0, 0.05) is 19.4 Å². The average Bonchev–Trinajstić information content (AvgIpc) is 2.32. The highest BCUT2D eigenvalue weighted by Crippen LogP contribution is 2.11. The van der Waals surface area contributed by atoms with Gasteiger partial charge in [0.1, 0.15) is 21.3 Å². The maximum Gasteiger partial charge on any atom is 0.330 e. The van der Waals surface area contributed by atoms with Gasteiger partial charge in [0.25, 0.3) is 5.56 Å². The Hall–Kier alpha value is -1.81. The highest BCUT2D eigenvalue weighted by atomic mass is 32.2. The quantitative estimate of drug-likeness (QED) is 0.562. The summed E-state index contributed by atoms with van der Waals surface area (Å²) < 4.78 is 28.5. The Kier molecular flexibility index (Phi) is 5.55. The molecule has 0 aliphatic carbocycles. The summed E-state index contributed by atoms with van der Waals surface area (Å²) in [6, 6.07) is -0.531. The first-order valence-electron chi connectivity index (χ1n) is 6.21. The number of aromatic amines is 1. The van der Waals surface area contributed by atoms with Crippen LogP contribution in [0.25, 0.3) is 0 Å². The summed E-state index contributed by atoms with van der Waals surface area (Å²) in [5.74, 6) is -0.218. The largest absolute Gasteiger partial charge is 0.383 e. The van der Waals surface area contributed by atoms with E-state index >= 15 is 0 Å². The predicted molar refractivity (Wildman–Crippen MR) is 80.4 cm³/mol. The first-order valence-corrected chi connectivity index (χ1v) is 8.27. The molecular formula is C11H20N4O5S. The SMILES string of the molecule is COCCn1c(N)c(NC(C)CS(C)(=O)=O)c(=O)[nH]c1=O. The fourth-order valence-electron chi connectivity index (χ4n) is 1.87. The van der Waals surface area contributed by atoms with Crippen molar-refractivity contribution in [2.45, 2.75) is 19.5 Å². The van der Waals surface area contributed by atoms with Gasteiger partial charge >= 0.3 is 5.69 Å². The number of ether oxygens (including phenoxy) is 1. The molecule has 4 N–H and O–H groups in total. The lowest BCUT2D eigenvalue weighted by Gasteiger charge is -2.17. The van der Waals surface area contributed by atoms with Crippen LogP contribution in [-0.4, -0.2) is 49.7 Å². The van der Waals surface area contributed by atoms with Crippen molar-refractivity contribution in [3.8, 4) is 0 Å². The summed E-state index contributed by atoms with van der Waals surface area (Å²) in [7, 11) is -1.73. The number of anilines is 2. The molecule has 21 heavy (non-hydrogen) atoms. The zero-order chi connectivity index (χ0) is 16.2. The van der Waals surface area contributed by atoms with Crippen molar-refractivity contribution in [2.24, 2.45) is 0 Å². The van der Waals surface area contributed by atoms with Crippen LogP contribution >= 0.6 is 0 Å². The fraction of sp³-hybridized carbons (Fsp3) is 0.636. The Bertz CT molecular complexity index is 706.